The van der Waals surface area contributed by atoms with Gasteiger partial charge in [-0.2, -0.15) is 0 Å². The quantitative estimate of drug-likeness (QED) is 0.797. The van der Waals surface area contributed by atoms with Gasteiger partial charge in [-0.3, -0.25) is 4.79 Å². The molecule has 1 aliphatic rings. The Morgan fingerprint density at radius 1 is 1.11 bits per heavy atom. The van der Waals surface area contributed by atoms with Crippen molar-refractivity contribution in [3.05, 3.63) is 59.2 Å². The van der Waals surface area contributed by atoms with E-state index in [-0.39, 0.29) is 23.5 Å². The number of hydrogen-bond donors (Lipinski definition) is 2. The molecular weight excluding hydrogens is 364 g/mol. The molecule has 0 aromatic heterocycles. The van der Waals surface area contributed by atoms with Gasteiger partial charge in [0.2, 0.25) is 10.0 Å². The van der Waals surface area contributed by atoms with Crippen molar-refractivity contribution in [1.82, 2.24) is 4.72 Å². The summed E-state index contributed by atoms with van der Waals surface area (Å²) in [7, 11) is -3.62. The van der Waals surface area contributed by atoms with Crippen LogP contribution in [0.25, 0.3) is 0 Å². The number of nitrogens with one attached hydrogen (secondary N) is 2. The Labute approximate surface area is 160 Å². The summed E-state index contributed by atoms with van der Waals surface area (Å²) in [4.78, 5) is 12.5. The van der Waals surface area contributed by atoms with Gasteiger partial charge in [-0.05, 0) is 74.2 Å². The summed E-state index contributed by atoms with van der Waals surface area (Å²) in [6, 6.07) is 11.7. The topological polar surface area (TPSA) is 84.5 Å². The van der Waals surface area contributed by atoms with Crippen LogP contribution in [0.4, 0.5) is 5.69 Å². The third kappa shape index (κ3) is 5.15. The summed E-state index contributed by atoms with van der Waals surface area (Å²) >= 11 is 0. The van der Waals surface area contributed by atoms with E-state index >= 15 is 0 Å². The fraction of sp³-hybridized carbons (Fsp3) is 0.350. The molecule has 2 N–H and O–H groups in total. The van der Waals surface area contributed by atoms with E-state index in [1.54, 1.807) is 0 Å². The number of rotatable bonds is 6. The van der Waals surface area contributed by atoms with Gasteiger partial charge in [0.05, 0.1) is 11.0 Å². The van der Waals surface area contributed by atoms with E-state index in [1.807, 2.05) is 32.0 Å². The summed E-state index contributed by atoms with van der Waals surface area (Å²) in [5.74, 6) is -0.281. The SMILES string of the molecule is Cc1cc(C)cc(NC(=O)c2ccc(S(=O)(=O)NC[C@H]3CCCO3)cc2)c1. The molecule has 1 atom stereocenters. The van der Waals surface area contributed by atoms with E-state index in [0.29, 0.717) is 17.9 Å². The predicted octanol–water partition coefficient (Wildman–Crippen LogP) is 3.01. The second-order valence-electron chi connectivity index (χ2n) is 6.84. The molecular formula is C20H24N2O4S. The van der Waals surface area contributed by atoms with Crippen LogP contribution in [0.2, 0.25) is 0 Å². The number of amides is 1. The second-order valence-corrected chi connectivity index (χ2v) is 8.61. The van der Waals surface area contributed by atoms with Crippen LogP contribution in [-0.2, 0) is 14.8 Å². The Balaban J connectivity index is 1.65. The molecule has 1 fully saturated rings. The largest absolute Gasteiger partial charge is 0.377 e. The highest BCUT2D eigenvalue weighted by Crippen LogP contribution is 2.17. The van der Waals surface area contributed by atoms with Crippen molar-refractivity contribution < 1.29 is 17.9 Å². The van der Waals surface area contributed by atoms with Crippen LogP contribution in [0.3, 0.4) is 0 Å². The number of aryl methyl sites for hydroxylation is 2. The fourth-order valence-electron chi connectivity index (χ4n) is 3.13. The number of carbonyl (C=O) groups excluding carboxylic acids is 1. The molecule has 1 aliphatic heterocycles. The summed E-state index contributed by atoms with van der Waals surface area (Å²) in [6.07, 6.45) is 1.75. The highest BCUT2D eigenvalue weighted by atomic mass is 32.2. The van der Waals surface area contributed by atoms with Crippen molar-refractivity contribution in [3.63, 3.8) is 0 Å². The molecule has 0 bridgehead atoms. The number of ether oxygens (including phenoxy) is 1. The Morgan fingerprint density at radius 2 is 1.78 bits per heavy atom. The Kier molecular flexibility index (Phi) is 5.94. The third-order valence-corrected chi connectivity index (χ3v) is 5.87. The van der Waals surface area contributed by atoms with Gasteiger partial charge in [-0.1, -0.05) is 6.07 Å². The van der Waals surface area contributed by atoms with Gasteiger partial charge >= 0.3 is 0 Å². The third-order valence-electron chi connectivity index (χ3n) is 4.43. The van der Waals surface area contributed by atoms with Gasteiger partial charge in [-0.15, -0.1) is 0 Å². The summed E-state index contributed by atoms with van der Waals surface area (Å²) in [6.45, 7) is 4.87. The average molecular weight is 388 g/mol. The van der Waals surface area contributed by atoms with Crippen LogP contribution in [0.1, 0.15) is 34.3 Å². The smallest absolute Gasteiger partial charge is 0.255 e. The number of anilines is 1. The van der Waals surface area contributed by atoms with Crippen molar-refractivity contribution >= 4 is 21.6 Å². The van der Waals surface area contributed by atoms with E-state index in [4.69, 9.17) is 4.74 Å². The highest BCUT2D eigenvalue weighted by Gasteiger charge is 2.20. The van der Waals surface area contributed by atoms with Gasteiger partial charge in [0.1, 0.15) is 0 Å². The van der Waals surface area contributed by atoms with E-state index in [2.05, 4.69) is 10.0 Å². The van der Waals surface area contributed by atoms with E-state index in [9.17, 15) is 13.2 Å². The minimum Gasteiger partial charge on any atom is -0.377 e. The first-order valence-electron chi connectivity index (χ1n) is 8.94. The number of benzene rings is 2. The molecule has 0 saturated carbocycles. The molecule has 2 aromatic carbocycles. The first-order chi connectivity index (χ1) is 12.8. The second kappa shape index (κ2) is 8.21. The van der Waals surface area contributed by atoms with Gasteiger partial charge in [0.25, 0.3) is 5.91 Å². The normalized spacial score (nSPS) is 17.0. The van der Waals surface area contributed by atoms with Crippen molar-refractivity contribution in [2.24, 2.45) is 0 Å². The molecule has 0 spiro atoms. The maximum Gasteiger partial charge on any atom is 0.255 e. The maximum absolute atomic E-state index is 12.4. The Morgan fingerprint density at radius 3 is 2.37 bits per heavy atom. The first-order valence-corrected chi connectivity index (χ1v) is 10.4. The molecule has 3 rings (SSSR count). The van der Waals surface area contributed by atoms with E-state index < -0.39 is 10.0 Å². The summed E-state index contributed by atoms with van der Waals surface area (Å²) in [5, 5.41) is 2.84. The van der Waals surface area contributed by atoms with Crippen molar-refractivity contribution in [1.29, 1.82) is 0 Å². The lowest BCUT2D eigenvalue weighted by Crippen LogP contribution is -2.31. The number of hydrogen-bond acceptors (Lipinski definition) is 4. The summed E-state index contributed by atoms with van der Waals surface area (Å²) < 4.78 is 32.7. The van der Waals surface area contributed by atoms with Crippen LogP contribution in [0.5, 0.6) is 0 Å². The van der Waals surface area contributed by atoms with Crippen LogP contribution in [0.15, 0.2) is 47.4 Å². The molecule has 0 aliphatic carbocycles. The minimum absolute atomic E-state index is 0.0670. The van der Waals surface area contributed by atoms with Crippen molar-refractivity contribution in [3.8, 4) is 0 Å². The van der Waals surface area contributed by atoms with Gasteiger partial charge in [-0.25, -0.2) is 13.1 Å². The summed E-state index contributed by atoms with van der Waals surface area (Å²) in [5.41, 5.74) is 3.23. The predicted molar refractivity (Wildman–Crippen MR) is 104 cm³/mol. The zero-order chi connectivity index (χ0) is 19.4. The average Bonchev–Trinajstić information content (AvgIpc) is 3.13. The number of carbonyl (C=O) groups is 1. The van der Waals surface area contributed by atoms with Crippen molar-refractivity contribution in [2.45, 2.75) is 37.7 Å². The molecule has 2 aromatic rings. The molecule has 0 radical (unpaired) electrons. The minimum atomic E-state index is -3.62. The molecule has 0 unspecified atom stereocenters. The van der Waals surface area contributed by atoms with E-state index in [0.717, 1.165) is 24.0 Å². The first kappa shape index (κ1) is 19.5. The lowest BCUT2D eigenvalue weighted by molar-refractivity contribution is 0.102. The maximum atomic E-state index is 12.4. The zero-order valence-electron chi connectivity index (χ0n) is 15.5. The zero-order valence-corrected chi connectivity index (χ0v) is 16.3. The van der Waals surface area contributed by atoms with E-state index in [1.165, 1.54) is 24.3 Å². The molecule has 1 saturated heterocycles. The molecule has 1 amide bonds. The fourth-order valence-corrected chi connectivity index (χ4v) is 4.19. The monoisotopic (exact) mass is 388 g/mol. The van der Waals surface area contributed by atoms with Gasteiger partial charge in [0.15, 0.2) is 0 Å². The molecule has 6 nitrogen and oxygen atoms in total. The standard InChI is InChI=1S/C20H24N2O4S/c1-14-10-15(2)12-17(11-14)22-20(23)16-5-7-19(8-6-16)27(24,25)21-13-18-4-3-9-26-18/h5-8,10-12,18,21H,3-4,9,13H2,1-2H3,(H,22,23)/t18-/m1/s1. The van der Waals surface area contributed by atoms with Crippen LogP contribution < -0.4 is 10.0 Å². The Bertz CT molecular complexity index is 897. The number of sulfonamides is 1. The lowest BCUT2D eigenvalue weighted by atomic mass is 10.1. The lowest BCUT2D eigenvalue weighted by Gasteiger charge is -2.12. The van der Waals surface area contributed by atoms with Crippen LogP contribution in [0, 0.1) is 13.8 Å². The van der Waals surface area contributed by atoms with Gasteiger partial charge < -0.3 is 10.1 Å². The van der Waals surface area contributed by atoms with Gasteiger partial charge in [0, 0.05) is 24.4 Å². The molecule has 1 heterocycles. The highest BCUT2D eigenvalue weighted by molar-refractivity contribution is 7.89. The molecule has 144 valence electrons. The van der Waals surface area contributed by atoms with Crippen LogP contribution >= 0.6 is 0 Å². The molecule has 27 heavy (non-hydrogen) atoms. The Hall–Kier alpha value is -2.22. The molecule has 7 heteroatoms. The van der Waals surface area contributed by atoms with Crippen molar-refractivity contribution in [2.75, 3.05) is 18.5 Å². The van der Waals surface area contributed by atoms with Crippen LogP contribution in [-0.4, -0.2) is 33.6 Å².